The van der Waals surface area contributed by atoms with Gasteiger partial charge in [0.25, 0.3) is 5.91 Å². The summed E-state index contributed by atoms with van der Waals surface area (Å²) in [6.07, 6.45) is 0. The third kappa shape index (κ3) is 4.45. The average Bonchev–Trinajstić information content (AvgIpc) is 3.13. The number of nitrogens with one attached hydrogen (secondary N) is 1. The summed E-state index contributed by atoms with van der Waals surface area (Å²) in [4.78, 5) is 17.4. The number of aromatic nitrogens is 1. The predicted molar refractivity (Wildman–Crippen MR) is 120 cm³/mol. The number of oxazole rings is 1. The lowest BCUT2D eigenvalue weighted by Gasteiger charge is -2.26. The second-order valence-electron chi connectivity index (χ2n) is 7.69. The van der Waals surface area contributed by atoms with E-state index in [0.29, 0.717) is 43.4 Å². The minimum Gasteiger partial charge on any atom is -0.441 e. The van der Waals surface area contributed by atoms with Crippen molar-refractivity contribution in [3.05, 3.63) is 65.0 Å². The summed E-state index contributed by atoms with van der Waals surface area (Å²) >= 11 is 0. The van der Waals surface area contributed by atoms with E-state index in [1.165, 1.54) is 10.4 Å². The highest BCUT2D eigenvalue weighted by Gasteiger charge is 2.28. The van der Waals surface area contributed by atoms with Crippen molar-refractivity contribution in [3.8, 4) is 11.5 Å². The van der Waals surface area contributed by atoms with Crippen LogP contribution in [0.2, 0.25) is 0 Å². The zero-order valence-corrected chi connectivity index (χ0v) is 19.0. The Kier molecular flexibility index (Phi) is 6.14. The van der Waals surface area contributed by atoms with Gasteiger partial charge in [-0.3, -0.25) is 4.79 Å². The van der Waals surface area contributed by atoms with E-state index in [1.54, 1.807) is 37.3 Å². The number of hydrogen-bond acceptors (Lipinski definition) is 6. The summed E-state index contributed by atoms with van der Waals surface area (Å²) in [5.41, 5.74) is 2.95. The molecule has 168 valence electrons. The Morgan fingerprint density at radius 1 is 1.06 bits per heavy atom. The van der Waals surface area contributed by atoms with Crippen LogP contribution >= 0.6 is 0 Å². The van der Waals surface area contributed by atoms with E-state index < -0.39 is 15.9 Å². The lowest BCUT2D eigenvalue weighted by Crippen LogP contribution is -2.40. The topological polar surface area (TPSA) is 102 Å². The van der Waals surface area contributed by atoms with Gasteiger partial charge >= 0.3 is 0 Å². The molecule has 1 amide bonds. The molecule has 1 saturated heterocycles. The summed E-state index contributed by atoms with van der Waals surface area (Å²) in [5.74, 6) is 0.814. The van der Waals surface area contributed by atoms with Crippen LogP contribution in [0.1, 0.15) is 27.4 Å². The van der Waals surface area contributed by atoms with Gasteiger partial charge in [0, 0.05) is 29.9 Å². The number of aryl methyl sites for hydroxylation is 3. The quantitative estimate of drug-likeness (QED) is 0.631. The Morgan fingerprint density at radius 2 is 1.81 bits per heavy atom. The molecule has 3 aromatic rings. The fraction of sp³-hybridized carbons (Fsp3) is 0.304. The zero-order chi connectivity index (χ0) is 22.9. The normalized spacial score (nSPS) is 15.0. The molecule has 32 heavy (non-hydrogen) atoms. The number of sulfonamides is 1. The Bertz CT molecular complexity index is 1240. The van der Waals surface area contributed by atoms with Crippen molar-refractivity contribution in [1.82, 2.24) is 9.29 Å². The number of carbonyl (C=O) groups excluding carboxylic acids is 1. The lowest BCUT2D eigenvalue weighted by atomic mass is 10.1. The first-order valence-corrected chi connectivity index (χ1v) is 11.7. The Labute approximate surface area is 187 Å². The first-order valence-electron chi connectivity index (χ1n) is 10.3. The van der Waals surface area contributed by atoms with E-state index in [2.05, 4.69) is 10.3 Å². The van der Waals surface area contributed by atoms with Crippen LogP contribution < -0.4 is 5.32 Å². The molecule has 1 fully saturated rings. The smallest absolute Gasteiger partial charge is 0.255 e. The highest BCUT2D eigenvalue weighted by molar-refractivity contribution is 7.89. The number of benzene rings is 2. The SMILES string of the molecule is Cc1ccc(C(=O)Nc2cccc(-c3nc(C)c(C)o3)c2)cc1S(=O)(=O)N1CCOCC1. The van der Waals surface area contributed by atoms with Crippen molar-refractivity contribution >= 4 is 21.6 Å². The van der Waals surface area contributed by atoms with Crippen LogP contribution in [0.5, 0.6) is 0 Å². The second kappa shape index (κ2) is 8.85. The summed E-state index contributed by atoms with van der Waals surface area (Å²) in [7, 11) is -3.71. The third-order valence-electron chi connectivity index (χ3n) is 5.43. The molecule has 0 saturated carbocycles. The number of morpholine rings is 1. The molecule has 1 aliphatic rings. The minimum absolute atomic E-state index is 0.131. The van der Waals surface area contributed by atoms with E-state index in [9.17, 15) is 13.2 Å². The molecule has 0 bridgehead atoms. The third-order valence-corrected chi connectivity index (χ3v) is 7.47. The number of amides is 1. The molecular weight excluding hydrogens is 430 g/mol. The van der Waals surface area contributed by atoms with Crippen LogP contribution in [-0.4, -0.2) is 49.9 Å². The molecule has 4 rings (SSSR count). The van der Waals surface area contributed by atoms with Gasteiger partial charge in [0.05, 0.1) is 23.8 Å². The van der Waals surface area contributed by atoms with Crippen LogP contribution in [0.4, 0.5) is 5.69 Å². The largest absolute Gasteiger partial charge is 0.441 e. The number of ether oxygens (including phenoxy) is 1. The number of nitrogens with zero attached hydrogens (tertiary/aromatic N) is 2. The molecule has 1 N–H and O–H groups in total. The maximum atomic E-state index is 13.1. The summed E-state index contributed by atoms with van der Waals surface area (Å²) < 4.78 is 38.5. The molecule has 2 aromatic carbocycles. The zero-order valence-electron chi connectivity index (χ0n) is 18.2. The molecule has 9 heteroatoms. The van der Waals surface area contributed by atoms with E-state index in [4.69, 9.17) is 9.15 Å². The fourth-order valence-corrected chi connectivity index (χ4v) is 5.13. The average molecular weight is 456 g/mol. The van der Waals surface area contributed by atoms with Crippen molar-refractivity contribution in [3.63, 3.8) is 0 Å². The molecule has 0 aliphatic carbocycles. The predicted octanol–water partition coefficient (Wildman–Crippen LogP) is 3.54. The van der Waals surface area contributed by atoms with Crippen LogP contribution in [0.25, 0.3) is 11.5 Å². The summed E-state index contributed by atoms with van der Waals surface area (Å²) in [5, 5.41) is 2.83. The van der Waals surface area contributed by atoms with Crippen molar-refractivity contribution in [2.45, 2.75) is 25.7 Å². The Balaban J connectivity index is 1.58. The summed E-state index contributed by atoms with van der Waals surface area (Å²) in [6.45, 7) is 6.75. The second-order valence-corrected chi connectivity index (χ2v) is 9.60. The Hall–Kier alpha value is -3.01. The van der Waals surface area contributed by atoms with Crippen LogP contribution in [0.15, 0.2) is 51.8 Å². The highest BCUT2D eigenvalue weighted by Crippen LogP contribution is 2.26. The van der Waals surface area contributed by atoms with Crippen LogP contribution in [0.3, 0.4) is 0 Å². The Morgan fingerprint density at radius 3 is 2.50 bits per heavy atom. The molecule has 0 spiro atoms. The van der Waals surface area contributed by atoms with Gasteiger partial charge in [-0.15, -0.1) is 0 Å². The molecule has 1 aromatic heterocycles. The maximum Gasteiger partial charge on any atom is 0.255 e. The minimum atomic E-state index is -3.71. The lowest BCUT2D eigenvalue weighted by molar-refractivity contribution is 0.0730. The van der Waals surface area contributed by atoms with Crippen LogP contribution in [0, 0.1) is 20.8 Å². The van der Waals surface area contributed by atoms with Gasteiger partial charge < -0.3 is 14.5 Å². The highest BCUT2D eigenvalue weighted by atomic mass is 32.2. The van der Waals surface area contributed by atoms with Gasteiger partial charge in [-0.1, -0.05) is 12.1 Å². The molecule has 2 heterocycles. The van der Waals surface area contributed by atoms with E-state index in [0.717, 1.165) is 17.0 Å². The standard InChI is InChI=1S/C23H25N3O5S/c1-15-7-8-18(14-21(15)32(28,29)26-9-11-30-12-10-26)22(27)25-20-6-4-5-19(13-20)23-24-16(2)17(3)31-23/h4-8,13-14H,9-12H2,1-3H3,(H,25,27). The molecular formula is C23H25N3O5S. The van der Waals surface area contributed by atoms with Gasteiger partial charge in [0.2, 0.25) is 15.9 Å². The van der Waals surface area contributed by atoms with Gasteiger partial charge in [-0.2, -0.15) is 4.31 Å². The first kappa shape index (κ1) is 22.2. The van der Waals surface area contributed by atoms with Crippen LogP contribution in [-0.2, 0) is 14.8 Å². The van der Waals surface area contributed by atoms with Gasteiger partial charge in [-0.25, -0.2) is 13.4 Å². The van der Waals surface area contributed by atoms with E-state index in [1.807, 2.05) is 19.9 Å². The van der Waals surface area contributed by atoms with Crippen molar-refractivity contribution in [2.24, 2.45) is 0 Å². The molecule has 1 aliphatic heterocycles. The van der Waals surface area contributed by atoms with Crippen molar-refractivity contribution < 1.29 is 22.4 Å². The van der Waals surface area contributed by atoms with Crippen molar-refractivity contribution in [2.75, 3.05) is 31.6 Å². The monoisotopic (exact) mass is 455 g/mol. The molecule has 0 unspecified atom stereocenters. The number of anilines is 1. The summed E-state index contributed by atoms with van der Waals surface area (Å²) in [6, 6.07) is 11.9. The number of rotatable bonds is 5. The molecule has 0 atom stereocenters. The first-order chi connectivity index (χ1) is 15.3. The maximum absolute atomic E-state index is 13.1. The van der Waals surface area contributed by atoms with Gasteiger partial charge in [0.15, 0.2) is 0 Å². The van der Waals surface area contributed by atoms with Gasteiger partial charge in [0.1, 0.15) is 5.76 Å². The van der Waals surface area contributed by atoms with E-state index >= 15 is 0 Å². The molecule has 8 nitrogen and oxygen atoms in total. The van der Waals surface area contributed by atoms with Crippen molar-refractivity contribution in [1.29, 1.82) is 0 Å². The number of carbonyl (C=O) groups is 1. The molecule has 0 radical (unpaired) electrons. The fourth-order valence-electron chi connectivity index (χ4n) is 3.47. The van der Waals surface area contributed by atoms with E-state index in [-0.39, 0.29) is 10.5 Å². The van der Waals surface area contributed by atoms with Gasteiger partial charge in [-0.05, 0) is 56.7 Å². The number of hydrogen-bond donors (Lipinski definition) is 1.